The quantitative estimate of drug-likeness (QED) is 0.714. The first-order chi connectivity index (χ1) is 7.38. The highest BCUT2D eigenvalue weighted by molar-refractivity contribution is 5.70. The lowest BCUT2D eigenvalue weighted by Gasteiger charge is -2.19. The zero-order valence-corrected chi connectivity index (χ0v) is 10.0. The molecule has 1 aromatic rings. The van der Waals surface area contributed by atoms with E-state index in [0.29, 0.717) is 12.8 Å². The van der Waals surface area contributed by atoms with Crippen molar-refractivity contribution in [1.29, 1.82) is 0 Å². The molecule has 0 aromatic heterocycles. The summed E-state index contributed by atoms with van der Waals surface area (Å²) in [6.45, 7) is 6.50. The van der Waals surface area contributed by atoms with E-state index in [1.54, 1.807) is 0 Å². The second-order valence-electron chi connectivity index (χ2n) is 5.66. The average molecular weight is 217 g/mol. The molecule has 0 saturated carbocycles. The van der Waals surface area contributed by atoms with Crippen molar-refractivity contribution in [1.82, 2.24) is 0 Å². The van der Waals surface area contributed by atoms with Crippen molar-refractivity contribution in [3.63, 3.8) is 0 Å². The smallest absolute Gasteiger partial charge is 0.0451 e. The van der Waals surface area contributed by atoms with Gasteiger partial charge in [-0.25, -0.2) is 0 Å². The number of carbonyl (C=O) groups excluding carboxylic acids is 1. The van der Waals surface area contributed by atoms with E-state index in [9.17, 15) is 9.90 Å². The van der Waals surface area contributed by atoms with E-state index in [1.165, 1.54) is 16.7 Å². The van der Waals surface area contributed by atoms with Crippen LogP contribution in [0.3, 0.4) is 0 Å². The summed E-state index contributed by atoms with van der Waals surface area (Å²) in [5.41, 5.74) is 3.74. The monoisotopic (exact) mass is 217 g/mol. The predicted octanol–water partition coefficient (Wildman–Crippen LogP) is 1.45. The van der Waals surface area contributed by atoms with E-state index in [0.717, 1.165) is 0 Å². The fraction of sp³-hybridized carbons (Fsp3) is 0.500. The van der Waals surface area contributed by atoms with Gasteiger partial charge < -0.3 is 9.90 Å². The van der Waals surface area contributed by atoms with E-state index < -0.39 is 5.97 Å². The minimum Gasteiger partial charge on any atom is -0.550 e. The Morgan fingerprint density at radius 2 is 1.88 bits per heavy atom. The van der Waals surface area contributed by atoms with Gasteiger partial charge in [-0.15, -0.1) is 0 Å². The third-order valence-corrected chi connectivity index (χ3v) is 3.34. The van der Waals surface area contributed by atoms with E-state index in [-0.39, 0.29) is 11.3 Å². The Balaban J connectivity index is 2.31. The first-order valence-electron chi connectivity index (χ1n) is 5.71. The molecule has 1 unspecified atom stereocenters. The molecule has 0 fully saturated rings. The number of fused-ring (bicyclic) bond motifs is 1. The lowest BCUT2D eigenvalue weighted by Crippen LogP contribution is -2.31. The van der Waals surface area contributed by atoms with Crippen LogP contribution in [0.25, 0.3) is 0 Å². The molecule has 0 bridgehead atoms. The molecular formula is C14H17O2-. The largest absolute Gasteiger partial charge is 0.550 e. The van der Waals surface area contributed by atoms with Gasteiger partial charge in [-0.1, -0.05) is 39.0 Å². The van der Waals surface area contributed by atoms with Crippen molar-refractivity contribution in [2.45, 2.75) is 39.0 Å². The van der Waals surface area contributed by atoms with Crippen molar-refractivity contribution < 1.29 is 9.90 Å². The maximum Gasteiger partial charge on any atom is 0.0451 e. The summed E-state index contributed by atoms with van der Waals surface area (Å²) < 4.78 is 0. The maximum absolute atomic E-state index is 10.8. The SMILES string of the molecule is CC(C)(C)c1ccc2c(c1)CC(C(=O)[O-])C2. The molecule has 1 aliphatic rings. The Bertz CT molecular complexity index is 427. The number of rotatable bonds is 1. The van der Waals surface area contributed by atoms with Gasteiger partial charge in [0.25, 0.3) is 0 Å². The van der Waals surface area contributed by atoms with Crippen molar-refractivity contribution >= 4 is 5.97 Å². The van der Waals surface area contributed by atoms with Crippen molar-refractivity contribution in [3.8, 4) is 0 Å². The predicted molar refractivity (Wildman–Crippen MR) is 61.0 cm³/mol. The van der Waals surface area contributed by atoms with Crippen LogP contribution < -0.4 is 5.11 Å². The zero-order valence-electron chi connectivity index (χ0n) is 10.0. The van der Waals surface area contributed by atoms with E-state index in [2.05, 4.69) is 39.0 Å². The molecule has 0 saturated heterocycles. The van der Waals surface area contributed by atoms with Crippen LogP contribution in [0.4, 0.5) is 0 Å². The third kappa shape index (κ3) is 1.97. The molecule has 86 valence electrons. The van der Waals surface area contributed by atoms with Gasteiger partial charge in [0.05, 0.1) is 0 Å². The number of carboxylic acids is 1. The van der Waals surface area contributed by atoms with E-state index in [1.807, 2.05) is 0 Å². The molecule has 1 aliphatic carbocycles. The van der Waals surface area contributed by atoms with Gasteiger partial charge in [-0.2, -0.15) is 0 Å². The number of carboxylic acid groups (broad SMARTS) is 1. The summed E-state index contributed by atoms with van der Waals surface area (Å²) in [7, 11) is 0. The summed E-state index contributed by atoms with van der Waals surface area (Å²) in [6.07, 6.45) is 1.25. The highest BCUT2D eigenvalue weighted by atomic mass is 16.4. The van der Waals surface area contributed by atoms with Crippen LogP contribution in [0.15, 0.2) is 18.2 Å². The van der Waals surface area contributed by atoms with Crippen LogP contribution in [0.2, 0.25) is 0 Å². The summed E-state index contributed by atoms with van der Waals surface area (Å²) >= 11 is 0. The summed E-state index contributed by atoms with van der Waals surface area (Å²) in [5.74, 6) is -1.25. The summed E-state index contributed by atoms with van der Waals surface area (Å²) in [6, 6.07) is 6.33. The zero-order chi connectivity index (χ0) is 11.9. The standard InChI is InChI=1S/C14H18O2/c1-14(2,3)12-5-4-9-6-11(13(15)16)7-10(9)8-12/h4-5,8,11H,6-7H2,1-3H3,(H,15,16)/p-1. The van der Waals surface area contributed by atoms with Gasteiger partial charge in [0.1, 0.15) is 0 Å². The molecule has 2 heteroatoms. The Morgan fingerprint density at radius 3 is 2.44 bits per heavy atom. The Labute approximate surface area is 96.3 Å². The molecule has 1 atom stereocenters. The number of hydrogen-bond acceptors (Lipinski definition) is 2. The van der Waals surface area contributed by atoms with E-state index >= 15 is 0 Å². The van der Waals surface area contributed by atoms with Crippen LogP contribution in [-0.4, -0.2) is 5.97 Å². The fourth-order valence-electron chi connectivity index (χ4n) is 2.25. The van der Waals surface area contributed by atoms with E-state index in [4.69, 9.17) is 0 Å². The molecule has 0 aliphatic heterocycles. The van der Waals surface area contributed by atoms with Crippen LogP contribution >= 0.6 is 0 Å². The van der Waals surface area contributed by atoms with Gasteiger partial charge >= 0.3 is 0 Å². The molecule has 0 amide bonds. The fourth-order valence-corrected chi connectivity index (χ4v) is 2.25. The lowest BCUT2D eigenvalue weighted by molar-refractivity contribution is -0.311. The average Bonchev–Trinajstić information content (AvgIpc) is 2.58. The highest BCUT2D eigenvalue weighted by Crippen LogP contribution is 2.31. The third-order valence-electron chi connectivity index (χ3n) is 3.34. The number of hydrogen-bond donors (Lipinski definition) is 0. The Hall–Kier alpha value is -1.31. The number of benzene rings is 1. The normalized spacial score (nSPS) is 19.6. The molecule has 2 nitrogen and oxygen atoms in total. The molecule has 16 heavy (non-hydrogen) atoms. The highest BCUT2D eigenvalue weighted by Gasteiger charge is 2.24. The molecule has 0 heterocycles. The first kappa shape index (κ1) is 11.2. The molecule has 0 spiro atoms. The summed E-state index contributed by atoms with van der Waals surface area (Å²) in [4.78, 5) is 10.8. The van der Waals surface area contributed by atoms with Crippen LogP contribution in [0.5, 0.6) is 0 Å². The topological polar surface area (TPSA) is 40.1 Å². The minimum absolute atomic E-state index is 0.120. The number of aliphatic carboxylic acids is 1. The van der Waals surface area contributed by atoms with Gasteiger partial charge in [0.15, 0.2) is 0 Å². The second kappa shape index (κ2) is 3.62. The van der Waals surface area contributed by atoms with Crippen molar-refractivity contribution in [2.24, 2.45) is 5.92 Å². The van der Waals surface area contributed by atoms with Gasteiger partial charge in [0.2, 0.25) is 0 Å². The molecule has 0 radical (unpaired) electrons. The lowest BCUT2D eigenvalue weighted by atomic mass is 9.85. The van der Waals surface area contributed by atoms with Crippen molar-refractivity contribution in [2.75, 3.05) is 0 Å². The second-order valence-corrected chi connectivity index (χ2v) is 5.66. The van der Waals surface area contributed by atoms with Crippen LogP contribution in [-0.2, 0) is 23.1 Å². The Morgan fingerprint density at radius 1 is 1.25 bits per heavy atom. The van der Waals surface area contributed by atoms with Crippen molar-refractivity contribution in [3.05, 3.63) is 34.9 Å². The van der Waals surface area contributed by atoms with Gasteiger partial charge in [-0.3, -0.25) is 0 Å². The minimum atomic E-state index is -0.923. The number of carbonyl (C=O) groups is 1. The van der Waals surface area contributed by atoms with Gasteiger partial charge in [0, 0.05) is 11.9 Å². The Kier molecular flexibility index (Phi) is 2.53. The molecular weight excluding hydrogens is 200 g/mol. The molecule has 0 N–H and O–H groups in total. The van der Waals surface area contributed by atoms with Gasteiger partial charge in [-0.05, 0) is 34.9 Å². The first-order valence-corrected chi connectivity index (χ1v) is 5.71. The van der Waals surface area contributed by atoms with Crippen LogP contribution in [0.1, 0.15) is 37.5 Å². The van der Waals surface area contributed by atoms with Crippen LogP contribution in [0, 0.1) is 5.92 Å². The molecule has 2 rings (SSSR count). The maximum atomic E-state index is 10.8. The summed E-state index contributed by atoms with van der Waals surface area (Å²) in [5, 5.41) is 10.8. The molecule has 1 aromatic carbocycles.